The fraction of sp³-hybridized carbons (Fsp3) is 0.933. The highest BCUT2D eigenvalue weighted by Gasteiger charge is 2.46. The van der Waals surface area contributed by atoms with Crippen LogP contribution in [-0.4, -0.2) is 68.0 Å². The number of carbonyl (C=O) groups is 1. The molecule has 0 aliphatic carbocycles. The highest BCUT2D eigenvalue weighted by atomic mass is 32.2. The largest absolute Gasteiger partial charge is 0.481 e. The van der Waals surface area contributed by atoms with Crippen molar-refractivity contribution in [2.45, 2.75) is 44.9 Å². The molecule has 0 aromatic carbocycles. The molecule has 0 aromatic rings. The van der Waals surface area contributed by atoms with Crippen LogP contribution in [0.4, 0.5) is 0 Å². The number of aliphatic carboxylic acids is 1. The van der Waals surface area contributed by atoms with E-state index in [1.165, 1.54) is 15.7 Å². The molecule has 7 nitrogen and oxygen atoms in total. The van der Waals surface area contributed by atoms with Crippen molar-refractivity contribution in [3.05, 3.63) is 0 Å². The van der Waals surface area contributed by atoms with Gasteiger partial charge in [-0.15, -0.1) is 0 Å². The third kappa shape index (κ3) is 4.23. The summed E-state index contributed by atoms with van der Waals surface area (Å²) in [5.74, 6) is -0.926. The standard InChI is InChI=1S/C15H28N2O5S/c1-22-12-8-15(14(18)19)7-6-11-17(13-15)23(20,21)16-9-4-2-3-5-10-16/h2-13H2,1H3,(H,18,19)/t15-/m1/s1. The lowest BCUT2D eigenvalue weighted by Gasteiger charge is -2.40. The summed E-state index contributed by atoms with van der Waals surface area (Å²) in [6, 6.07) is 0. The number of rotatable bonds is 6. The molecule has 0 radical (unpaired) electrons. The Kier molecular flexibility index (Phi) is 6.41. The fourth-order valence-corrected chi connectivity index (χ4v) is 5.32. The molecule has 0 amide bonds. The summed E-state index contributed by atoms with van der Waals surface area (Å²) in [6.07, 6.45) is 5.27. The second-order valence-electron chi connectivity index (χ2n) is 6.59. The zero-order valence-electron chi connectivity index (χ0n) is 13.9. The van der Waals surface area contributed by atoms with Gasteiger partial charge in [-0.05, 0) is 32.1 Å². The Morgan fingerprint density at radius 2 is 1.70 bits per heavy atom. The van der Waals surface area contributed by atoms with Gasteiger partial charge in [0, 0.05) is 39.9 Å². The number of methoxy groups -OCH3 is 1. The molecule has 2 saturated heterocycles. The molecule has 1 N–H and O–H groups in total. The predicted octanol–water partition coefficient (Wildman–Crippen LogP) is 1.31. The van der Waals surface area contributed by atoms with E-state index in [1.807, 2.05) is 0 Å². The van der Waals surface area contributed by atoms with Crippen LogP contribution in [0.25, 0.3) is 0 Å². The summed E-state index contributed by atoms with van der Waals surface area (Å²) in [4.78, 5) is 11.8. The Morgan fingerprint density at radius 1 is 1.09 bits per heavy atom. The highest BCUT2D eigenvalue weighted by molar-refractivity contribution is 7.86. The third-order valence-electron chi connectivity index (χ3n) is 5.00. The van der Waals surface area contributed by atoms with Gasteiger partial charge in [-0.1, -0.05) is 12.8 Å². The van der Waals surface area contributed by atoms with Crippen LogP contribution in [0.1, 0.15) is 44.9 Å². The van der Waals surface area contributed by atoms with Crippen LogP contribution in [0.5, 0.6) is 0 Å². The van der Waals surface area contributed by atoms with Crippen molar-refractivity contribution in [2.75, 3.05) is 39.9 Å². The maximum absolute atomic E-state index is 12.9. The average molecular weight is 348 g/mol. The summed E-state index contributed by atoms with van der Waals surface area (Å²) in [6.45, 7) is 1.85. The van der Waals surface area contributed by atoms with Gasteiger partial charge in [0.25, 0.3) is 10.2 Å². The van der Waals surface area contributed by atoms with Crippen LogP contribution < -0.4 is 0 Å². The molecule has 2 aliphatic rings. The summed E-state index contributed by atoms with van der Waals surface area (Å²) in [7, 11) is -2.04. The predicted molar refractivity (Wildman–Crippen MR) is 86.3 cm³/mol. The van der Waals surface area contributed by atoms with E-state index in [-0.39, 0.29) is 6.54 Å². The minimum Gasteiger partial charge on any atom is -0.481 e. The number of carboxylic acids is 1. The van der Waals surface area contributed by atoms with Gasteiger partial charge in [0.15, 0.2) is 0 Å². The Hall–Kier alpha value is -0.700. The van der Waals surface area contributed by atoms with Crippen LogP contribution >= 0.6 is 0 Å². The van der Waals surface area contributed by atoms with Gasteiger partial charge in [0.1, 0.15) is 0 Å². The molecule has 23 heavy (non-hydrogen) atoms. The van der Waals surface area contributed by atoms with Crippen molar-refractivity contribution in [3.63, 3.8) is 0 Å². The molecule has 1 atom stereocenters. The van der Waals surface area contributed by atoms with Gasteiger partial charge in [-0.25, -0.2) is 0 Å². The number of ether oxygens (including phenoxy) is 1. The minimum absolute atomic E-state index is 0.0462. The van der Waals surface area contributed by atoms with E-state index in [4.69, 9.17) is 4.74 Å². The number of hydrogen-bond donors (Lipinski definition) is 1. The van der Waals surface area contributed by atoms with Crippen LogP contribution in [-0.2, 0) is 19.7 Å². The fourth-order valence-electron chi connectivity index (χ4n) is 3.51. The Bertz CT molecular complexity index is 502. The van der Waals surface area contributed by atoms with E-state index in [1.54, 1.807) is 0 Å². The molecular formula is C15H28N2O5S. The van der Waals surface area contributed by atoms with Crippen molar-refractivity contribution >= 4 is 16.2 Å². The molecule has 0 saturated carbocycles. The van der Waals surface area contributed by atoms with Crippen molar-refractivity contribution < 1.29 is 23.1 Å². The number of carboxylic acid groups (broad SMARTS) is 1. The summed E-state index contributed by atoms with van der Waals surface area (Å²) >= 11 is 0. The molecule has 134 valence electrons. The van der Waals surface area contributed by atoms with E-state index >= 15 is 0 Å². The Morgan fingerprint density at radius 3 is 2.26 bits per heavy atom. The third-order valence-corrected chi connectivity index (χ3v) is 6.98. The maximum Gasteiger partial charge on any atom is 0.311 e. The highest BCUT2D eigenvalue weighted by Crippen LogP contribution is 2.36. The van der Waals surface area contributed by atoms with Crippen LogP contribution in [0, 0.1) is 5.41 Å². The van der Waals surface area contributed by atoms with Gasteiger partial charge in [-0.3, -0.25) is 4.79 Å². The topological polar surface area (TPSA) is 87.1 Å². The zero-order chi connectivity index (χ0) is 16.9. The first-order chi connectivity index (χ1) is 10.9. The number of nitrogens with zero attached hydrogens (tertiary/aromatic N) is 2. The van der Waals surface area contributed by atoms with Gasteiger partial charge >= 0.3 is 5.97 Å². The number of hydrogen-bond acceptors (Lipinski definition) is 4. The summed E-state index contributed by atoms with van der Waals surface area (Å²) in [5.41, 5.74) is -1.03. The summed E-state index contributed by atoms with van der Waals surface area (Å²) < 4.78 is 33.8. The maximum atomic E-state index is 12.9. The molecule has 0 unspecified atom stereocenters. The lowest BCUT2D eigenvalue weighted by atomic mass is 9.78. The first-order valence-electron chi connectivity index (χ1n) is 8.40. The molecule has 0 aromatic heterocycles. The monoisotopic (exact) mass is 348 g/mol. The van der Waals surface area contributed by atoms with E-state index in [0.717, 1.165) is 25.7 Å². The Balaban J connectivity index is 2.16. The molecular weight excluding hydrogens is 320 g/mol. The molecule has 0 bridgehead atoms. The number of piperidine rings is 1. The van der Waals surface area contributed by atoms with Gasteiger partial charge in [0.2, 0.25) is 0 Å². The van der Waals surface area contributed by atoms with Gasteiger partial charge in [0.05, 0.1) is 5.41 Å². The molecule has 2 aliphatic heterocycles. The van der Waals surface area contributed by atoms with Crippen LogP contribution in [0.2, 0.25) is 0 Å². The van der Waals surface area contributed by atoms with Crippen LogP contribution in [0.3, 0.4) is 0 Å². The SMILES string of the molecule is COCC[C@]1(C(=O)O)CCCN(S(=O)(=O)N2CCCCCC2)C1. The molecule has 0 spiro atoms. The first-order valence-corrected chi connectivity index (χ1v) is 9.80. The smallest absolute Gasteiger partial charge is 0.311 e. The van der Waals surface area contributed by atoms with Gasteiger partial charge in [-0.2, -0.15) is 17.0 Å². The minimum atomic E-state index is -3.58. The van der Waals surface area contributed by atoms with E-state index < -0.39 is 21.6 Å². The quantitative estimate of drug-likeness (QED) is 0.782. The summed E-state index contributed by atoms with van der Waals surface area (Å²) in [5, 5.41) is 9.66. The second-order valence-corrected chi connectivity index (χ2v) is 8.51. The van der Waals surface area contributed by atoms with E-state index in [9.17, 15) is 18.3 Å². The van der Waals surface area contributed by atoms with Crippen molar-refractivity contribution in [1.82, 2.24) is 8.61 Å². The van der Waals surface area contributed by atoms with E-state index in [0.29, 0.717) is 45.5 Å². The molecule has 2 heterocycles. The van der Waals surface area contributed by atoms with Crippen LogP contribution in [0.15, 0.2) is 0 Å². The average Bonchev–Trinajstić information content (AvgIpc) is 2.82. The lowest BCUT2D eigenvalue weighted by molar-refractivity contribution is -0.152. The zero-order valence-corrected chi connectivity index (χ0v) is 14.7. The van der Waals surface area contributed by atoms with Crippen molar-refractivity contribution in [3.8, 4) is 0 Å². The Labute approximate surface area is 138 Å². The van der Waals surface area contributed by atoms with Crippen molar-refractivity contribution in [2.24, 2.45) is 5.41 Å². The first kappa shape index (κ1) is 18.6. The molecule has 2 rings (SSSR count). The molecule has 8 heteroatoms. The molecule has 2 fully saturated rings. The van der Waals surface area contributed by atoms with Gasteiger partial charge < -0.3 is 9.84 Å². The van der Waals surface area contributed by atoms with E-state index in [2.05, 4.69) is 0 Å². The lowest BCUT2D eigenvalue weighted by Crippen LogP contribution is -2.54. The second kappa shape index (κ2) is 7.92. The van der Waals surface area contributed by atoms with Crippen molar-refractivity contribution in [1.29, 1.82) is 0 Å². The normalized spacial score (nSPS) is 28.4.